The van der Waals surface area contributed by atoms with Crippen LogP contribution in [0.5, 0.6) is 17.2 Å². The van der Waals surface area contributed by atoms with E-state index >= 15 is 0 Å². The van der Waals surface area contributed by atoms with Crippen molar-refractivity contribution < 1.29 is 44.5 Å². The Morgan fingerprint density at radius 2 is 1.81 bits per heavy atom. The summed E-state index contributed by atoms with van der Waals surface area (Å²) in [6.45, 7) is -0.623. The van der Waals surface area contributed by atoms with Crippen molar-refractivity contribution in [3.05, 3.63) is 35.9 Å². The Hall–Kier alpha value is -3.15. The number of aromatic hydroxyl groups is 1. The van der Waals surface area contributed by atoms with Gasteiger partial charge in [0, 0.05) is 10.8 Å². The topological polar surface area (TPSA) is 149 Å². The molecule has 6 rings (SSSR count). The number of phenolic OH excluding ortho intramolecular Hbond substituents is 1. The largest absolute Gasteiger partial charge is 0.508 e. The number of hydrogen-bond acceptors (Lipinski definition) is 9. The quantitative estimate of drug-likeness (QED) is 0.351. The number of carbonyl (C=O) groups excluding carboxylic acids is 1. The molecule has 0 radical (unpaired) electrons. The first-order chi connectivity index (χ1) is 15.4. The summed E-state index contributed by atoms with van der Waals surface area (Å²) in [7, 11) is 0. The van der Waals surface area contributed by atoms with Crippen LogP contribution in [0, 0.1) is 0 Å². The Bertz CT molecular complexity index is 1290. The number of fused-ring (bicyclic) bond motifs is 4. The highest BCUT2D eigenvalue weighted by atomic mass is 16.7. The lowest BCUT2D eigenvalue weighted by atomic mass is 9.96. The summed E-state index contributed by atoms with van der Waals surface area (Å²) in [4.78, 5) is 14.7. The van der Waals surface area contributed by atoms with Crippen molar-refractivity contribution in [3.8, 4) is 17.2 Å². The molecule has 0 aromatic heterocycles. The van der Waals surface area contributed by atoms with Gasteiger partial charge < -0.3 is 39.7 Å². The van der Waals surface area contributed by atoms with Gasteiger partial charge in [0.25, 0.3) is 5.91 Å². The lowest BCUT2D eigenvalue weighted by molar-refractivity contribution is -0.226. The number of benzene rings is 3. The van der Waals surface area contributed by atoms with Crippen LogP contribution in [0.2, 0.25) is 0 Å². The van der Waals surface area contributed by atoms with Gasteiger partial charge in [0.15, 0.2) is 17.7 Å². The minimum atomic E-state index is -1.63. The molecule has 1 fully saturated rings. The molecule has 0 saturated carbocycles. The van der Waals surface area contributed by atoms with Gasteiger partial charge in [0.2, 0.25) is 6.79 Å². The first-order valence-corrected chi connectivity index (χ1v) is 10.1. The van der Waals surface area contributed by atoms with Crippen LogP contribution in [0.25, 0.3) is 21.5 Å². The minimum absolute atomic E-state index is 0.0109. The van der Waals surface area contributed by atoms with Crippen molar-refractivity contribution in [1.29, 1.82) is 0 Å². The standard InChI is InChI=1S/C22H19NO9/c24-6-14-17(26)18(27)19(28)22(32-14)23-12-3-8-1-2-9(25)4-10(8)16-15(12)11(21(23)29)5-13-20(16)31-7-30-13/h1-5,14,17-19,22,24-28H,6-7H2. The lowest BCUT2D eigenvalue weighted by Gasteiger charge is -2.43. The molecule has 5 unspecified atom stereocenters. The SMILES string of the molecule is O=C1c2cc3c(c4c2c(cc2ccc(O)cc24)N1C1OC(CO)C(O)C(O)C1O)OCO3. The number of aliphatic hydroxyl groups is 4. The molecule has 10 heteroatoms. The molecule has 0 spiro atoms. The fourth-order valence-electron chi connectivity index (χ4n) is 4.82. The summed E-state index contributed by atoms with van der Waals surface area (Å²) in [6, 6.07) is 8.03. The molecule has 3 aliphatic rings. The smallest absolute Gasteiger partial charge is 0.261 e. The van der Waals surface area contributed by atoms with Crippen molar-refractivity contribution >= 4 is 33.1 Å². The predicted molar refractivity (Wildman–Crippen MR) is 110 cm³/mol. The molecule has 3 heterocycles. The van der Waals surface area contributed by atoms with Crippen LogP contribution in [0.3, 0.4) is 0 Å². The van der Waals surface area contributed by atoms with E-state index in [2.05, 4.69) is 0 Å². The molecule has 0 bridgehead atoms. The van der Waals surface area contributed by atoms with Crippen LogP contribution in [-0.4, -0.2) is 75.5 Å². The number of ether oxygens (including phenoxy) is 3. The molecule has 1 saturated heterocycles. The van der Waals surface area contributed by atoms with E-state index in [0.717, 1.165) is 0 Å². The molecule has 166 valence electrons. The number of nitrogens with zero attached hydrogens (tertiary/aromatic N) is 1. The van der Waals surface area contributed by atoms with E-state index in [-0.39, 0.29) is 18.1 Å². The van der Waals surface area contributed by atoms with E-state index in [1.165, 1.54) is 11.0 Å². The Labute approximate surface area is 180 Å². The van der Waals surface area contributed by atoms with Crippen LogP contribution >= 0.6 is 0 Å². The summed E-state index contributed by atoms with van der Waals surface area (Å²) in [5.74, 6) is 0.344. The van der Waals surface area contributed by atoms with Crippen molar-refractivity contribution in [3.63, 3.8) is 0 Å². The molecule has 3 aliphatic heterocycles. The summed E-state index contributed by atoms with van der Waals surface area (Å²) in [5.41, 5.74) is 0.683. The summed E-state index contributed by atoms with van der Waals surface area (Å²) < 4.78 is 16.9. The Morgan fingerprint density at radius 1 is 1.00 bits per heavy atom. The molecule has 32 heavy (non-hydrogen) atoms. The number of carbonyl (C=O) groups is 1. The molecule has 3 aromatic carbocycles. The van der Waals surface area contributed by atoms with Gasteiger partial charge in [0.05, 0.1) is 17.9 Å². The van der Waals surface area contributed by atoms with E-state index in [9.17, 15) is 30.3 Å². The molecule has 10 nitrogen and oxygen atoms in total. The fraction of sp³-hybridized carbons (Fsp3) is 0.318. The van der Waals surface area contributed by atoms with E-state index in [1.54, 1.807) is 24.3 Å². The molecular formula is C22H19NO9. The first kappa shape index (κ1) is 19.5. The Balaban J connectivity index is 1.62. The van der Waals surface area contributed by atoms with Gasteiger partial charge in [0.1, 0.15) is 30.2 Å². The van der Waals surface area contributed by atoms with Crippen molar-refractivity contribution in [1.82, 2.24) is 0 Å². The highest BCUT2D eigenvalue weighted by Crippen LogP contribution is 2.52. The molecular weight excluding hydrogens is 422 g/mol. The number of hydrogen-bond donors (Lipinski definition) is 5. The van der Waals surface area contributed by atoms with E-state index < -0.39 is 43.2 Å². The number of amides is 1. The van der Waals surface area contributed by atoms with Crippen LogP contribution in [-0.2, 0) is 4.74 Å². The van der Waals surface area contributed by atoms with Gasteiger partial charge >= 0.3 is 0 Å². The van der Waals surface area contributed by atoms with Crippen molar-refractivity contribution in [2.75, 3.05) is 18.3 Å². The van der Waals surface area contributed by atoms with E-state index in [1.807, 2.05) is 0 Å². The summed E-state index contributed by atoms with van der Waals surface area (Å²) in [5, 5.41) is 53.1. The van der Waals surface area contributed by atoms with Gasteiger partial charge in [-0.25, -0.2) is 0 Å². The van der Waals surface area contributed by atoms with Gasteiger partial charge in [-0.3, -0.25) is 9.69 Å². The van der Waals surface area contributed by atoms with E-state index in [4.69, 9.17) is 14.2 Å². The average molecular weight is 441 g/mol. The van der Waals surface area contributed by atoms with Crippen LogP contribution in [0.1, 0.15) is 10.4 Å². The maximum atomic E-state index is 13.5. The second-order valence-electron chi connectivity index (χ2n) is 8.10. The molecule has 3 aromatic rings. The molecule has 5 atom stereocenters. The second kappa shape index (κ2) is 6.67. The summed E-state index contributed by atoms with van der Waals surface area (Å²) in [6.07, 6.45) is -7.33. The van der Waals surface area contributed by atoms with E-state index in [0.29, 0.717) is 38.7 Å². The zero-order chi connectivity index (χ0) is 22.3. The van der Waals surface area contributed by atoms with Gasteiger partial charge in [-0.1, -0.05) is 6.07 Å². The maximum Gasteiger partial charge on any atom is 0.261 e. The zero-order valence-corrected chi connectivity index (χ0v) is 16.5. The van der Waals surface area contributed by atoms with Crippen molar-refractivity contribution in [2.45, 2.75) is 30.6 Å². The third-order valence-corrected chi connectivity index (χ3v) is 6.35. The Kier molecular flexibility index (Phi) is 4.07. The Morgan fingerprint density at radius 3 is 2.59 bits per heavy atom. The third kappa shape index (κ3) is 2.43. The number of rotatable bonds is 2. The maximum absolute atomic E-state index is 13.5. The fourth-order valence-corrected chi connectivity index (χ4v) is 4.82. The lowest BCUT2D eigenvalue weighted by Crippen LogP contribution is -2.63. The normalized spacial score (nSPS) is 28.8. The highest BCUT2D eigenvalue weighted by Gasteiger charge is 2.50. The van der Waals surface area contributed by atoms with Gasteiger partial charge in [-0.15, -0.1) is 0 Å². The summed E-state index contributed by atoms with van der Waals surface area (Å²) >= 11 is 0. The first-order valence-electron chi connectivity index (χ1n) is 10.1. The molecule has 1 amide bonds. The highest BCUT2D eigenvalue weighted by molar-refractivity contribution is 6.31. The predicted octanol–water partition coefficient (Wildman–Crippen LogP) is 0.187. The second-order valence-corrected chi connectivity index (χ2v) is 8.10. The average Bonchev–Trinajstić information content (AvgIpc) is 3.36. The number of phenols is 1. The minimum Gasteiger partial charge on any atom is -0.508 e. The number of aliphatic hydroxyl groups excluding tert-OH is 4. The third-order valence-electron chi connectivity index (χ3n) is 6.35. The van der Waals surface area contributed by atoms with Crippen molar-refractivity contribution in [2.24, 2.45) is 0 Å². The van der Waals surface area contributed by atoms with Crippen LogP contribution in [0.15, 0.2) is 30.3 Å². The molecule has 0 aliphatic carbocycles. The van der Waals surface area contributed by atoms with Crippen LogP contribution in [0.4, 0.5) is 5.69 Å². The number of anilines is 1. The van der Waals surface area contributed by atoms with Gasteiger partial charge in [-0.05, 0) is 35.0 Å². The molecule has 5 N–H and O–H groups in total. The van der Waals surface area contributed by atoms with Gasteiger partial charge in [-0.2, -0.15) is 0 Å². The van der Waals surface area contributed by atoms with Crippen LogP contribution < -0.4 is 14.4 Å². The monoisotopic (exact) mass is 441 g/mol. The zero-order valence-electron chi connectivity index (χ0n) is 16.5.